The molecule has 0 heterocycles. The first-order valence-corrected chi connectivity index (χ1v) is 8.17. The van der Waals surface area contributed by atoms with Crippen molar-refractivity contribution in [3.63, 3.8) is 0 Å². The summed E-state index contributed by atoms with van der Waals surface area (Å²) in [5, 5.41) is 3.66. The largest absolute Gasteiger partial charge is 0.310 e. The van der Waals surface area contributed by atoms with E-state index in [1.165, 1.54) is 37.9 Å². The molecule has 0 saturated heterocycles. The van der Waals surface area contributed by atoms with E-state index in [1.807, 2.05) is 0 Å². The quantitative estimate of drug-likeness (QED) is 0.777. The van der Waals surface area contributed by atoms with Crippen LogP contribution in [0.3, 0.4) is 0 Å². The van der Waals surface area contributed by atoms with Crippen LogP contribution in [0.15, 0.2) is 30.3 Å². The molecule has 2 unspecified atom stereocenters. The first-order valence-electron chi connectivity index (χ1n) is 8.17. The summed E-state index contributed by atoms with van der Waals surface area (Å²) in [6, 6.07) is 11.3. The van der Waals surface area contributed by atoms with Crippen LogP contribution >= 0.6 is 0 Å². The Morgan fingerprint density at radius 1 is 1.25 bits per heavy atom. The Kier molecular flexibility index (Phi) is 6.06. The fourth-order valence-corrected chi connectivity index (χ4v) is 3.32. The second-order valence-electron chi connectivity index (χ2n) is 6.44. The third-order valence-electron chi connectivity index (χ3n) is 4.55. The predicted octanol–water partition coefficient (Wildman–Crippen LogP) is 3.71. The highest BCUT2D eigenvalue weighted by Crippen LogP contribution is 2.28. The summed E-state index contributed by atoms with van der Waals surface area (Å²) in [6.45, 7) is 8.04. The van der Waals surface area contributed by atoms with Crippen molar-refractivity contribution in [2.75, 3.05) is 26.7 Å². The molecule has 1 N–H and O–H groups in total. The number of rotatable bonds is 8. The Balaban J connectivity index is 1.90. The number of nitrogens with one attached hydrogen (secondary N) is 1. The highest BCUT2D eigenvalue weighted by atomic mass is 15.1. The molecule has 1 aliphatic rings. The number of hydrogen-bond acceptors (Lipinski definition) is 2. The van der Waals surface area contributed by atoms with Crippen molar-refractivity contribution >= 4 is 0 Å². The lowest BCUT2D eigenvalue weighted by atomic mass is 9.85. The van der Waals surface area contributed by atoms with Crippen LogP contribution < -0.4 is 5.32 Å². The molecule has 2 nitrogen and oxygen atoms in total. The molecule has 2 heteroatoms. The van der Waals surface area contributed by atoms with Crippen molar-refractivity contribution in [1.29, 1.82) is 0 Å². The van der Waals surface area contributed by atoms with Crippen molar-refractivity contribution in [2.45, 2.75) is 39.2 Å². The van der Waals surface area contributed by atoms with Gasteiger partial charge in [-0.1, -0.05) is 50.6 Å². The normalized spacial score (nSPS) is 18.8. The predicted molar refractivity (Wildman–Crippen MR) is 86.9 cm³/mol. The molecule has 0 bridgehead atoms. The highest BCUT2D eigenvalue weighted by Gasteiger charge is 2.23. The van der Waals surface area contributed by atoms with E-state index in [9.17, 15) is 0 Å². The van der Waals surface area contributed by atoms with E-state index in [2.05, 4.69) is 61.4 Å². The van der Waals surface area contributed by atoms with Gasteiger partial charge in [0, 0.05) is 19.1 Å². The van der Waals surface area contributed by atoms with E-state index in [4.69, 9.17) is 0 Å². The van der Waals surface area contributed by atoms with Crippen molar-refractivity contribution in [3.05, 3.63) is 35.9 Å². The maximum Gasteiger partial charge on any atom is 0.0358 e. The second kappa shape index (κ2) is 7.80. The molecule has 20 heavy (non-hydrogen) atoms. The minimum atomic E-state index is 0.463. The zero-order valence-corrected chi connectivity index (χ0v) is 13.3. The Morgan fingerprint density at radius 2 is 1.95 bits per heavy atom. The molecule has 2 atom stereocenters. The Morgan fingerprint density at radius 3 is 2.50 bits per heavy atom. The molecular formula is C18H30N2. The molecule has 1 aromatic carbocycles. The average Bonchev–Trinajstić information content (AvgIpc) is 2.41. The molecule has 0 spiro atoms. The van der Waals surface area contributed by atoms with Gasteiger partial charge in [0.25, 0.3) is 0 Å². The Labute approximate surface area is 124 Å². The van der Waals surface area contributed by atoms with E-state index in [-0.39, 0.29) is 0 Å². The molecule has 112 valence electrons. The minimum absolute atomic E-state index is 0.463. The van der Waals surface area contributed by atoms with Crippen molar-refractivity contribution < 1.29 is 0 Å². The second-order valence-corrected chi connectivity index (χ2v) is 6.44. The summed E-state index contributed by atoms with van der Waals surface area (Å²) < 4.78 is 0. The lowest BCUT2D eigenvalue weighted by molar-refractivity contribution is 0.176. The number of hydrogen-bond donors (Lipinski definition) is 1. The maximum atomic E-state index is 3.66. The van der Waals surface area contributed by atoms with E-state index in [1.54, 1.807) is 0 Å². The molecule has 1 aliphatic carbocycles. The zero-order chi connectivity index (χ0) is 14.4. The van der Waals surface area contributed by atoms with Gasteiger partial charge in [0.15, 0.2) is 0 Å². The lowest BCUT2D eigenvalue weighted by Gasteiger charge is -2.33. The van der Waals surface area contributed by atoms with E-state index >= 15 is 0 Å². The van der Waals surface area contributed by atoms with Gasteiger partial charge < -0.3 is 10.2 Å². The van der Waals surface area contributed by atoms with Gasteiger partial charge in [0.1, 0.15) is 0 Å². The van der Waals surface area contributed by atoms with Crippen LogP contribution in [0.4, 0.5) is 0 Å². The summed E-state index contributed by atoms with van der Waals surface area (Å²) in [6.07, 6.45) is 4.32. The molecule has 1 fully saturated rings. The third-order valence-corrected chi connectivity index (χ3v) is 4.55. The van der Waals surface area contributed by atoms with Crippen LogP contribution in [0, 0.1) is 11.8 Å². The van der Waals surface area contributed by atoms with E-state index < -0.39 is 0 Å². The topological polar surface area (TPSA) is 15.3 Å². The molecule has 0 aromatic heterocycles. The van der Waals surface area contributed by atoms with Crippen molar-refractivity contribution in [2.24, 2.45) is 11.8 Å². The fourth-order valence-electron chi connectivity index (χ4n) is 3.32. The Hall–Kier alpha value is -0.860. The average molecular weight is 274 g/mol. The molecule has 2 rings (SSSR count). The van der Waals surface area contributed by atoms with Crippen molar-refractivity contribution in [1.82, 2.24) is 10.2 Å². The maximum absolute atomic E-state index is 3.66. The van der Waals surface area contributed by atoms with E-state index in [0.29, 0.717) is 12.0 Å². The van der Waals surface area contributed by atoms with Gasteiger partial charge in [-0.3, -0.25) is 0 Å². The third kappa shape index (κ3) is 4.32. The molecule has 0 radical (unpaired) electrons. The van der Waals surface area contributed by atoms with Gasteiger partial charge in [-0.05, 0) is 43.8 Å². The molecular weight excluding hydrogens is 244 g/mol. The minimum Gasteiger partial charge on any atom is -0.310 e. The van der Waals surface area contributed by atoms with Gasteiger partial charge in [0.05, 0.1) is 0 Å². The Bertz CT molecular complexity index is 372. The molecule has 1 aromatic rings. The highest BCUT2D eigenvalue weighted by molar-refractivity contribution is 5.19. The number of nitrogens with zero attached hydrogens (tertiary/aromatic N) is 1. The van der Waals surface area contributed by atoms with Crippen LogP contribution in [-0.2, 0) is 0 Å². The summed E-state index contributed by atoms with van der Waals surface area (Å²) in [7, 11) is 2.28. The summed E-state index contributed by atoms with van der Waals surface area (Å²) >= 11 is 0. The van der Waals surface area contributed by atoms with Gasteiger partial charge in [0.2, 0.25) is 0 Å². The van der Waals surface area contributed by atoms with Gasteiger partial charge >= 0.3 is 0 Å². The fraction of sp³-hybridized carbons (Fsp3) is 0.667. The van der Waals surface area contributed by atoms with E-state index in [0.717, 1.165) is 12.5 Å². The number of benzene rings is 1. The first kappa shape index (κ1) is 15.5. The van der Waals surface area contributed by atoms with Crippen LogP contribution in [-0.4, -0.2) is 31.6 Å². The first-order chi connectivity index (χ1) is 9.70. The van der Waals surface area contributed by atoms with Crippen LogP contribution in [0.2, 0.25) is 0 Å². The van der Waals surface area contributed by atoms with Gasteiger partial charge in [-0.2, -0.15) is 0 Å². The summed E-state index contributed by atoms with van der Waals surface area (Å²) in [4.78, 5) is 2.53. The van der Waals surface area contributed by atoms with Crippen LogP contribution in [0.5, 0.6) is 0 Å². The van der Waals surface area contributed by atoms with Crippen LogP contribution in [0.25, 0.3) is 0 Å². The van der Waals surface area contributed by atoms with Gasteiger partial charge in [-0.25, -0.2) is 0 Å². The summed E-state index contributed by atoms with van der Waals surface area (Å²) in [5.74, 6) is 1.59. The molecule has 0 amide bonds. The molecule has 0 aliphatic heterocycles. The molecule has 1 saturated carbocycles. The van der Waals surface area contributed by atoms with Crippen molar-refractivity contribution in [3.8, 4) is 0 Å². The lowest BCUT2D eigenvalue weighted by Crippen LogP contribution is -2.37. The smallest absolute Gasteiger partial charge is 0.0358 e. The van der Waals surface area contributed by atoms with Gasteiger partial charge in [-0.15, -0.1) is 0 Å². The SMILES string of the molecule is CCNC(c1ccccc1)C(C)CN(C)CC1CCC1. The standard InChI is InChI=1S/C18H30N2/c1-4-19-18(17-11-6-5-7-12-17)15(2)13-20(3)14-16-9-8-10-16/h5-7,11-12,15-16,18-19H,4,8-10,13-14H2,1-3H3. The zero-order valence-electron chi connectivity index (χ0n) is 13.3. The monoisotopic (exact) mass is 274 g/mol. The summed E-state index contributed by atoms with van der Waals surface area (Å²) in [5.41, 5.74) is 1.42. The van der Waals surface area contributed by atoms with Crippen LogP contribution in [0.1, 0.15) is 44.7 Å².